The molecule has 1 aromatic carbocycles. The molecule has 1 aliphatic rings. The molecule has 1 aliphatic carbocycles. The van der Waals surface area contributed by atoms with Crippen LogP contribution < -0.4 is 5.73 Å². The van der Waals surface area contributed by atoms with Gasteiger partial charge >= 0.3 is 0 Å². The number of nitrogens with two attached hydrogens (primary N) is 1. The van der Waals surface area contributed by atoms with Gasteiger partial charge in [0.1, 0.15) is 5.82 Å². The van der Waals surface area contributed by atoms with Crippen LogP contribution in [0.5, 0.6) is 0 Å². The lowest BCUT2D eigenvalue weighted by Crippen LogP contribution is -2.05. The zero-order valence-corrected chi connectivity index (χ0v) is 9.17. The Balaban J connectivity index is 2.16. The van der Waals surface area contributed by atoms with Gasteiger partial charge in [-0.15, -0.1) is 0 Å². The predicted molar refractivity (Wildman–Crippen MR) is 60.5 cm³/mol. The second-order valence-corrected chi connectivity index (χ2v) is 4.53. The maximum atomic E-state index is 13.7. The SMILES string of the molecule is CC(CCN)c1ccc(C2CC2)c(F)c1. The van der Waals surface area contributed by atoms with E-state index in [0.29, 0.717) is 18.4 Å². The lowest BCUT2D eigenvalue weighted by Gasteiger charge is -2.11. The highest BCUT2D eigenvalue weighted by Gasteiger charge is 2.26. The Morgan fingerprint density at radius 3 is 2.73 bits per heavy atom. The van der Waals surface area contributed by atoms with Crippen molar-refractivity contribution >= 4 is 0 Å². The average molecular weight is 207 g/mol. The van der Waals surface area contributed by atoms with Crippen molar-refractivity contribution in [3.63, 3.8) is 0 Å². The Kier molecular flexibility index (Phi) is 3.06. The highest BCUT2D eigenvalue weighted by Crippen LogP contribution is 2.41. The standard InChI is InChI=1S/C13H18FN/c1-9(6-7-15)11-4-5-12(10-2-3-10)13(14)8-11/h4-5,8-10H,2-3,6-7,15H2,1H3. The lowest BCUT2D eigenvalue weighted by molar-refractivity contribution is 0.601. The average Bonchev–Trinajstić information content (AvgIpc) is 3.01. The molecule has 2 N–H and O–H groups in total. The summed E-state index contributed by atoms with van der Waals surface area (Å²) in [5, 5.41) is 0. The normalized spacial score (nSPS) is 17.8. The van der Waals surface area contributed by atoms with Crippen LogP contribution >= 0.6 is 0 Å². The smallest absolute Gasteiger partial charge is 0.126 e. The van der Waals surface area contributed by atoms with Gasteiger partial charge in [0, 0.05) is 0 Å². The van der Waals surface area contributed by atoms with Gasteiger partial charge in [-0.1, -0.05) is 19.1 Å². The molecule has 0 saturated heterocycles. The van der Waals surface area contributed by atoms with Gasteiger partial charge < -0.3 is 5.73 Å². The predicted octanol–water partition coefficient (Wildman–Crippen LogP) is 3.16. The third kappa shape index (κ3) is 2.37. The fourth-order valence-electron chi connectivity index (χ4n) is 1.99. The molecule has 2 rings (SSSR count). The minimum Gasteiger partial charge on any atom is -0.330 e. The summed E-state index contributed by atoms with van der Waals surface area (Å²) in [6.45, 7) is 2.76. The summed E-state index contributed by atoms with van der Waals surface area (Å²) in [6.07, 6.45) is 3.21. The van der Waals surface area contributed by atoms with Crippen molar-refractivity contribution < 1.29 is 4.39 Å². The maximum absolute atomic E-state index is 13.7. The van der Waals surface area contributed by atoms with Gasteiger partial charge in [-0.25, -0.2) is 4.39 Å². The van der Waals surface area contributed by atoms with Crippen molar-refractivity contribution in [3.8, 4) is 0 Å². The van der Waals surface area contributed by atoms with E-state index in [-0.39, 0.29) is 5.82 Å². The summed E-state index contributed by atoms with van der Waals surface area (Å²) in [5.74, 6) is 0.820. The second kappa shape index (κ2) is 4.31. The van der Waals surface area contributed by atoms with Crippen molar-refractivity contribution in [1.29, 1.82) is 0 Å². The van der Waals surface area contributed by atoms with Crippen LogP contribution in [0.1, 0.15) is 49.1 Å². The third-order valence-electron chi connectivity index (χ3n) is 3.21. The third-order valence-corrected chi connectivity index (χ3v) is 3.21. The number of halogens is 1. The van der Waals surface area contributed by atoms with Crippen LogP contribution in [0.25, 0.3) is 0 Å². The molecule has 1 unspecified atom stereocenters. The maximum Gasteiger partial charge on any atom is 0.126 e. The number of rotatable bonds is 4. The van der Waals surface area contributed by atoms with Gasteiger partial charge in [0.05, 0.1) is 0 Å². The Morgan fingerprint density at radius 2 is 2.20 bits per heavy atom. The minimum absolute atomic E-state index is 0.0288. The van der Waals surface area contributed by atoms with Crippen LogP contribution in [0, 0.1) is 5.82 Å². The molecule has 0 amide bonds. The van der Waals surface area contributed by atoms with E-state index < -0.39 is 0 Å². The molecule has 0 aliphatic heterocycles. The Hall–Kier alpha value is -0.890. The Bertz CT molecular complexity index is 344. The molecule has 0 bridgehead atoms. The summed E-state index contributed by atoms with van der Waals surface area (Å²) in [6, 6.07) is 5.69. The molecule has 2 heteroatoms. The van der Waals surface area contributed by atoms with Crippen LogP contribution in [0.4, 0.5) is 4.39 Å². The van der Waals surface area contributed by atoms with E-state index in [1.165, 1.54) is 0 Å². The molecule has 1 nitrogen and oxygen atoms in total. The largest absolute Gasteiger partial charge is 0.330 e. The first-order valence-corrected chi connectivity index (χ1v) is 5.71. The van der Waals surface area contributed by atoms with E-state index in [1.807, 2.05) is 6.07 Å². The first kappa shape index (κ1) is 10.6. The van der Waals surface area contributed by atoms with E-state index in [4.69, 9.17) is 5.73 Å². The fraction of sp³-hybridized carbons (Fsp3) is 0.538. The van der Waals surface area contributed by atoms with E-state index >= 15 is 0 Å². The molecule has 0 radical (unpaired) electrons. The number of hydrogen-bond acceptors (Lipinski definition) is 1. The van der Waals surface area contributed by atoms with Crippen molar-refractivity contribution in [2.24, 2.45) is 5.73 Å². The first-order valence-electron chi connectivity index (χ1n) is 5.71. The molecule has 0 heterocycles. The number of benzene rings is 1. The van der Waals surface area contributed by atoms with Crippen molar-refractivity contribution in [2.45, 2.75) is 38.0 Å². The van der Waals surface area contributed by atoms with Crippen LogP contribution in [0.15, 0.2) is 18.2 Å². The lowest BCUT2D eigenvalue weighted by atomic mass is 9.95. The summed E-state index contributed by atoms with van der Waals surface area (Å²) < 4.78 is 13.7. The molecule has 1 fully saturated rings. The molecular weight excluding hydrogens is 189 g/mol. The monoisotopic (exact) mass is 207 g/mol. The quantitative estimate of drug-likeness (QED) is 0.806. The van der Waals surface area contributed by atoms with Gasteiger partial charge in [-0.2, -0.15) is 0 Å². The van der Waals surface area contributed by atoms with Crippen molar-refractivity contribution in [1.82, 2.24) is 0 Å². The van der Waals surface area contributed by atoms with E-state index in [9.17, 15) is 4.39 Å². The van der Waals surface area contributed by atoms with Gasteiger partial charge in [0.2, 0.25) is 0 Å². The molecule has 15 heavy (non-hydrogen) atoms. The molecule has 82 valence electrons. The molecule has 0 aromatic heterocycles. The zero-order chi connectivity index (χ0) is 10.8. The number of hydrogen-bond donors (Lipinski definition) is 1. The van der Waals surface area contributed by atoms with E-state index in [2.05, 4.69) is 13.0 Å². The zero-order valence-electron chi connectivity index (χ0n) is 9.17. The van der Waals surface area contributed by atoms with E-state index in [1.54, 1.807) is 6.07 Å². The van der Waals surface area contributed by atoms with Crippen LogP contribution in [0.3, 0.4) is 0 Å². The van der Waals surface area contributed by atoms with Crippen LogP contribution in [0.2, 0.25) is 0 Å². The fourth-order valence-corrected chi connectivity index (χ4v) is 1.99. The topological polar surface area (TPSA) is 26.0 Å². The van der Waals surface area contributed by atoms with Gasteiger partial charge in [-0.05, 0) is 54.8 Å². The van der Waals surface area contributed by atoms with Crippen LogP contribution in [-0.2, 0) is 0 Å². The Morgan fingerprint density at radius 1 is 1.47 bits per heavy atom. The van der Waals surface area contributed by atoms with Crippen molar-refractivity contribution in [2.75, 3.05) is 6.54 Å². The molecule has 1 aromatic rings. The van der Waals surface area contributed by atoms with E-state index in [0.717, 1.165) is 30.4 Å². The highest BCUT2D eigenvalue weighted by atomic mass is 19.1. The molecule has 1 atom stereocenters. The van der Waals surface area contributed by atoms with Crippen LogP contribution in [-0.4, -0.2) is 6.54 Å². The summed E-state index contributed by atoms with van der Waals surface area (Å²) >= 11 is 0. The minimum atomic E-state index is -0.0288. The first-order chi connectivity index (χ1) is 7.22. The summed E-state index contributed by atoms with van der Waals surface area (Å²) in [4.78, 5) is 0. The second-order valence-electron chi connectivity index (χ2n) is 4.53. The molecular formula is C13H18FN. The highest BCUT2D eigenvalue weighted by molar-refractivity contribution is 5.31. The molecule has 0 spiro atoms. The van der Waals surface area contributed by atoms with Gasteiger partial charge in [0.25, 0.3) is 0 Å². The summed E-state index contributed by atoms with van der Waals surface area (Å²) in [7, 11) is 0. The molecule has 1 saturated carbocycles. The van der Waals surface area contributed by atoms with Gasteiger partial charge in [0.15, 0.2) is 0 Å². The van der Waals surface area contributed by atoms with Crippen molar-refractivity contribution in [3.05, 3.63) is 35.1 Å². The summed E-state index contributed by atoms with van der Waals surface area (Å²) in [5.41, 5.74) is 7.47. The Labute approximate surface area is 90.5 Å². The van der Waals surface area contributed by atoms with Gasteiger partial charge in [-0.3, -0.25) is 0 Å².